The molecule has 116 valence electrons. The summed E-state index contributed by atoms with van der Waals surface area (Å²) < 4.78 is 0. The lowest BCUT2D eigenvalue weighted by Gasteiger charge is -2.26. The van der Waals surface area contributed by atoms with Crippen molar-refractivity contribution in [1.82, 2.24) is 10.6 Å². The number of carbonyl (C=O) groups is 1. The minimum absolute atomic E-state index is 0.00748. The van der Waals surface area contributed by atoms with Gasteiger partial charge in [-0.3, -0.25) is 4.79 Å². The van der Waals surface area contributed by atoms with Gasteiger partial charge >= 0.3 is 0 Å². The average molecular weight is 292 g/mol. The van der Waals surface area contributed by atoms with Crippen LogP contribution in [0, 0.1) is 0 Å². The molecule has 0 spiro atoms. The number of nitrogens with one attached hydrogen (secondary N) is 2. The van der Waals surface area contributed by atoms with E-state index in [1.54, 1.807) is 0 Å². The van der Waals surface area contributed by atoms with Gasteiger partial charge in [0.25, 0.3) is 0 Å². The molecule has 5 nitrogen and oxygen atoms in total. The van der Waals surface area contributed by atoms with Crippen LogP contribution in [-0.4, -0.2) is 41.4 Å². The molecule has 0 saturated carbocycles. The summed E-state index contributed by atoms with van der Waals surface area (Å²) in [5.41, 5.74) is 0.943. The molecular weight excluding hydrogens is 268 g/mol. The van der Waals surface area contributed by atoms with Gasteiger partial charge in [-0.05, 0) is 43.5 Å². The molecular formula is C16H24N2O3. The topological polar surface area (TPSA) is 81.6 Å². The van der Waals surface area contributed by atoms with E-state index in [-0.39, 0.29) is 12.5 Å². The zero-order valence-corrected chi connectivity index (χ0v) is 12.3. The summed E-state index contributed by atoms with van der Waals surface area (Å²) in [5, 5.41) is 25.5. The molecule has 21 heavy (non-hydrogen) atoms. The maximum Gasteiger partial charge on any atom is 0.224 e. The molecule has 1 aliphatic heterocycles. The predicted octanol–water partition coefficient (Wildman–Crippen LogP) is 0.342. The third kappa shape index (κ3) is 5.12. The summed E-state index contributed by atoms with van der Waals surface area (Å²) in [6, 6.07) is 7.31. The number of benzene rings is 1. The smallest absolute Gasteiger partial charge is 0.224 e. The van der Waals surface area contributed by atoms with Gasteiger partial charge in [-0.1, -0.05) is 24.3 Å². The number of aliphatic hydroxyl groups is 2. The summed E-state index contributed by atoms with van der Waals surface area (Å²) in [4.78, 5) is 12.0. The van der Waals surface area contributed by atoms with Crippen molar-refractivity contribution in [1.29, 1.82) is 0 Å². The third-order valence-corrected chi connectivity index (χ3v) is 3.95. The van der Waals surface area contributed by atoms with E-state index >= 15 is 0 Å². The fraction of sp³-hybridized carbons (Fsp3) is 0.562. The summed E-state index contributed by atoms with van der Waals surface area (Å²) >= 11 is 0. The van der Waals surface area contributed by atoms with Gasteiger partial charge in [-0.25, -0.2) is 0 Å². The molecule has 1 atom stereocenters. The Kier molecular flexibility index (Phi) is 5.73. The van der Waals surface area contributed by atoms with Crippen molar-refractivity contribution in [2.45, 2.75) is 37.9 Å². The first kappa shape index (κ1) is 15.9. The van der Waals surface area contributed by atoms with E-state index in [1.165, 1.54) is 0 Å². The molecule has 0 bridgehead atoms. The Bertz CT molecular complexity index is 451. The molecule has 1 heterocycles. The van der Waals surface area contributed by atoms with Crippen LogP contribution in [0.15, 0.2) is 24.3 Å². The van der Waals surface area contributed by atoms with Crippen LogP contribution in [0.3, 0.4) is 0 Å². The quantitative estimate of drug-likeness (QED) is 0.631. The number of carbonyl (C=O) groups excluding carboxylic acids is 1. The standard InChI is InChI=1S/C16H24N2O3/c19-11-14-4-2-13(3-5-14)10-15(20)18-12-16(21)6-1-8-17-9-7-16/h2-5,17,19,21H,1,6-12H2,(H,18,20). The molecule has 1 saturated heterocycles. The van der Waals surface area contributed by atoms with Crippen molar-refractivity contribution in [2.75, 3.05) is 19.6 Å². The summed E-state index contributed by atoms with van der Waals surface area (Å²) in [6.45, 7) is 2.03. The molecule has 1 aromatic rings. The number of hydrogen-bond donors (Lipinski definition) is 4. The van der Waals surface area contributed by atoms with Crippen LogP contribution in [0.1, 0.15) is 30.4 Å². The zero-order chi connectivity index (χ0) is 15.1. The van der Waals surface area contributed by atoms with Crippen molar-refractivity contribution in [3.63, 3.8) is 0 Å². The maximum atomic E-state index is 12.0. The van der Waals surface area contributed by atoms with Gasteiger partial charge in [0.1, 0.15) is 0 Å². The Labute approximate surface area is 125 Å². The first-order valence-electron chi connectivity index (χ1n) is 7.50. The summed E-state index contributed by atoms with van der Waals surface area (Å²) in [7, 11) is 0. The average Bonchev–Trinajstić information content (AvgIpc) is 2.71. The second-order valence-electron chi connectivity index (χ2n) is 5.76. The highest BCUT2D eigenvalue weighted by Gasteiger charge is 2.28. The first-order valence-corrected chi connectivity index (χ1v) is 7.50. The van der Waals surface area contributed by atoms with Crippen LogP contribution in [0.25, 0.3) is 0 Å². The van der Waals surface area contributed by atoms with E-state index in [0.29, 0.717) is 25.8 Å². The number of hydrogen-bond acceptors (Lipinski definition) is 4. The summed E-state index contributed by atoms with van der Waals surface area (Å²) in [6.07, 6.45) is 2.60. The fourth-order valence-electron chi connectivity index (χ4n) is 2.56. The molecule has 1 amide bonds. The molecule has 1 unspecified atom stereocenters. The Morgan fingerprint density at radius 3 is 2.62 bits per heavy atom. The minimum Gasteiger partial charge on any atom is -0.392 e. The number of rotatable bonds is 5. The van der Waals surface area contributed by atoms with Gasteiger partial charge < -0.3 is 20.8 Å². The monoisotopic (exact) mass is 292 g/mol. The van der Waals surface area contributed by atoms with Crippen molar-refractivity contribution < 1.29 is 15.0 Å². The zero-order valence-electron chi connectivity index (χ0n) is 12.3. The Balaban J connectivity index is 1.80. The van der Waals surface area contributed by atoms with E-state index in [2.05, 4.69) is 10.6 Å². The normalized spacial score (nSPS) is 22.6. The second kappa shape index (κ2) is 7.54. The summed E-state index contributed by atoms with van der Waals surface area (Å²) in [5.74, 6) is -0.0858. The lowest BCUT2D eigenvalue weighted by Crippen LogP contribution is -2.43. The van der Waals surface area contributed by atoms with E-state index in [4.69, 9.17) is 5.11 Å². The molecule has 1 aromatic carbocycles. The molecule has 2 rings (SSSR count). The second-order valence-corrected chi connectivity index (χ2v) is 5.76. The van der Waals surface area contributed by atoms with Crippen molar-refractivity contribution in [3.05, 3.63) is 35.4 Å². The van der Waals surface area contributed by atoms with Crippen molar-refractivity contribution in [2.24, 2.45) is 0 Å². The third-order valence-electron chi connectivity index (χ3n) is 3.95. The van der Waals surface area contributed by atoms with Gasteiger partial charge in [0, 0.05) is 6.54 Å². The van der Waals surface area contributed by atoms with Crippen LogP contribution >= 0.6 is 0 Å². The van der Waals surface area contributed by atoms with E-state index in [0.717, 1.165) is 30.6 Å². The molecule has 0 radical (unpaired) electrons. The molecule has 1 fully saturated rings. The van der Waals surface area contributed by atoms with Crippen LogP contribution < -0.4 is 10.6 Å². The first-order chi connectivity index (χ1) is 10.1. The highest BCUT2D eigenvalue weighted by Crippen LogP contribution is 2.18. The van der Waals surface area contributed by atoms with Gasteiger partial charge in [0.2, 0.25) is 5.91 Å². The van der Waals surface area contributed by atoms with Crippen LogP contribution in [-0.2, 0) is 17.8 Å². The van der Waals surface area contributed by atoms with E-state index < -0.39 is 5.60 Å². The Hall–Kier alpha value is -1.43. The lowest BCUT2D eigenvalue weighted by molar-refractivity contribution is -0.121. The largest absolute Gasteiger partial charge is 0.392 e. The SMILES string of the molecule is O=C(Cc1ccc(CO)cc1)NCC1(O)CCCNCC1. The number of aliphatic hydroxyl groups excluding tert-OH is 1. The van der Waals surface area contributed by atoms with Crippen LogP contribution in [0.4, 0.5) is 0 Å². The van der Waals surface area contributed by atoms with E-state index in [1.807, 2.05) is 24.3 Å². The molecule has 0 aliphatic carbocycles. The van der Waals surface area contributed by atoms with Gasteiger partial charge in [-0.2, -0.15) is 0 Å². The highest BCUT2D eigenvalue weighted by molar-refractivity contribution is 5.78. The van der Waals surface area contributed by atoms with Gasteiger partial charge in [-0.15, -0.1) is 0 Å². The molecule has 5 heteroatoms. The van der Waals surface area contributed by atoms with Gasteiger partial charge in [0.15, 0.2) is 0 Å². The molecule has 0 aromatic heterocycles. The minimum atomic E-state index is -0.792. The maximum absolute atomic E-state index is 12.0. The number of amides is 1. The Morgan fingerprint density at radius 1 is 1.19 bits per heavy atom. The predicted molar refractivity (Wildman–Crippen MR) is 80.7 cm³/mol. The van der Waals surface area contributed by atoms with Crippen molar-refractivity contribution in [3.8, 4) is 0 Å². The molecule has 4 N–H and O–H groups in total. The van der Waals surface area contributed by atoms with Gasteiger partial charge in [0.05, 0.1) is 18.6 Å². The van der Waals surface area contributed by atoms with Crippen LogP contribution in [0.2, 0.25) is 0 Å². The van der Waals surface area contributed by atoms with Crippen LogP contribution in [0.5, 0.6) is 0 Å². The lowest BCUT2D eigenvalue weighted by atomic mass is 9.95. The van der Waals surface area contributed by atoms with E-state index in [9.17, 15) is 9.90 Å². The molecule has 1 aliphatic rings. The Morgan fingerprint density at radius 2 is 1.90 bits per heavy atom. The van der Waals surface area contributed by atoms with Crippen molar-refractivity contribution >= 4 is 5.91 Å². The highest BCUT2D eigenvalue weighted by atomic mass is 16.3. The fourth-order valence-corrected chi connectivity index (χ4v) is 2.56.